The number of halogens is 2. The number of nitrogens with zero attached hydrogens (tertiary/aromatic N) is 7. The van der Waals surface area contributed by atoms with Crippen molar-refractivity contribution in [2.45, 2.75) is 33.0 Å². The molecule has 0 unspecified atom stereocenters. The second-order valence-electron chi connectivity index (χ2n) is 8.53. The number of carbonyl (C=O) groups excluding carboxylic acids is 1. The molecule has 2 N–H and O–H groups in total. The van der Waals surface area contributed by atoms with Crippen molar-refractivity contribution in [3.63, 3.8) is 0 Å². The lowest BCUT2D eigenvalue weighted by molar-refractivity contribution is 0.0693. The Bertz CT molecular complexity index is 1450. The first-order valence-corrected chi connectivity index (χ1v) is 11.7. The number of aryl methyl sites for hydroxylation is 1. The highest BCUT2D eigenvalue weighted by atomic mass is 19.1. The molecule has 12 heteroatoms. The third kappa shape index (κ3) is 4.51. The highest BCUT2D eigenvalue weighted by Gasteiger charge is 2.29. The number of nitrogen functional groups attached to an aromatic ring is 1. The van der Waals surface area contributed by atoms with Crippen LogP contribution in [0.5, 0.6) is 0 Å². The first-order chi connectivity index (χ1) is 17.9. The summed E-state index contributed by atoms with van der Waals surface area (Å²) in [6.45, 7) is 2.93. The van der Waals surface area contributed by atoms with Gasteiger partial charge in [0.25, 0.3) is 5.91 Å². The largest absolute Gasteiger partial charge is 0.384 e. The van der Waals surface area contributed by atoms with Gasteiger partial charge in [-0.15, -0.1) is 10.2 Å². The van der Waals surface area contributed by atoms with Crippen LogP contribution in [0, 0.1) is 11.6 Å². The summed E-state index contributed by atoms with van der Waals surface area (Å²) < 4.78 is 37.7. The Balaban J connectivity index is 1.49. The molecular formula is C25H24F2N8O2. The predicted molar refractivity (Wildman–Crippen MR) is 130 cm³/mol. The fourth-order valence-corrected chi connectivity index (χ4v) is 4.46. The summed E-state index contributed by atoms with van der Waals surface area (Å²) in [4.78, 5) is 27.3. The van der Waals surface area contributed by atoms with Gasteiger partial charge in [-0.2, -0.15) is 0 Å². The van der Waals surface area contributed by atoms with Crippen LogP contribution in [-0.2, 0) is 30.9 Å². The molecule has 0 aliphatic carbocycles. The zero-order valence-corrected chi connectivity index (χ0v) is 20.3. The molecule has 0 fully saturated rings. The van der Waals surface area contributed by atoms with Gasteiger partial charge in [0.2, 0.25) is 0 Å². The Morgan fingerprint density at radius 3 is 2.54 bits per heavy atom. The smallest absolute Gasteiger partial charge is 0.260 e. The van der Waals surface area contributed by atoms with Crippen LogP contribution in [0.1, 0.15) is 34.6 Å². The minimum atomic E-state index is -0.981. The van der Waals surface area contributed by atoms with Gasteiger partial charge >= 0.3 is 0 Å². The quantitative estimate of drug-likeness (QED) is 0.423. The van der Waals surface area contributed by atoms with E-state index in [0.29, 0.717) is 52.9 Å². The van der Waals surface area contributed by atoms with Crippen LogP contribution >= 0.6 is 0 Å². The first-order valence-electron chi connectivity index (χ1n) is 11.7. The summed E-state index contributed by atoms with van der Waals surface area (Å²) >= 11 is 0. The predicted octanol–water partition coefficient (Wildman–Crippen LogP) is 3.02. The summed E-state index contributed by atoms with van der Waals surface area (Å²) in [7, 11) is 1.55. The van der Waals surface area contributed by atoms with Crippen molar-refractivity contribution in [2.24, 2.45) is 0 Å². The van der Waals surface area contributed by atoms with Crippen LogP contribution in [0.3, 0.4) is 0 Å². The minimum absolute atomic E-state index is 0.0796. The molecule has 37 heavy (non-hydrogen) atoms. The number of carbonyl (C=O) groups is 1. The van der Waals surface area contributed by atoms with Crippen molar-refractivity contribution in [3.05, 3.63) is 71.3 Å². The lowest BCUT2D eigenvalue weighted by Gasteiger charge is -2.28. The Morgan fingerprint density at radius 2 is 1.86 bits per heavy atom. The monoisotopic (exact) mass is 506 g/mol. The minimum Gasteiger partial charge on any atom is -0.384 e. The molecule has 0 radical (unpaired) electrons. The van der Waals surface area contributed by atoms with Crippen LogP contribution < -0.4 is 5.73 Å². The number of nitrogens with two attached hydrogens (primary N) is 1. The van der Waals surface area contributed by atoms with Crippen molar-refractivity contribution in [1.29, 1.82) is 0 Å². The first kappa shape index (κ1) is 24.4. The maximum atomic E-state index is 15.4. The molecule has 1 aromatic carbocycles. The Morgan fingerprint density at radius 1 is 1.08 bits per heavy atom. The molecule has 0 atom stereocenters. The lowest BCUT2D eigenvalue weighted by Crippen LogP contribution is -2.39. The molecule has 5 rings (SSSR count). The number of pyridine rings is 1. The summed E-state index contributed by atoms with van der Waals surface area (Å²) in [6.07, 6.45) is 3.47. The van der Waals surface area contributed by atoms with Gasteiger partial charge in [0, 0.05) is 43.1 Å². The molecule has 0 spiro atoms. The molecule has 0 saturated carbocycles. The summed E-state index contributed by atoms with van der Waals surface area (Å²) in [6, 6.07) is 5.62. The number of benzene rings is 1. The number of ether oxygens (including phenoxy) is 1. The van der Waals surface area contributed by atoms with Crippen molar-refractivity contribution in [3.8, 4) is 22.4 Å². The van der Waals surface area contributed by atoms with E-state index >= 15 is 8.78 Å². The number of hydrogen-bond acceptors (Lipinski definition) is 8. The molecule has 4 aromatic rings. The van der Waals surface area contributed by atoms with E-state index in [-0.39, 0.29) is 25.3 Å². The number of amides is 1. The maximum absolute atomic E-state index is 15.4. The number of rotatable bonds is 6. The van der Waals surface area contributed by atoms with Gasteiger partial charge in [-0.05, 0) is 30.7 Å². The number of hydrogen-bond donors (Lipinski definition) is 1. The maximum Gasteiger partial charge on any atom is 0.260 e. The second-order valence-corrected chi connectivity index (χ2v) is 8.53. The second kappa shape index (κ2) is 9.97. The third-order valence-corrected chi connectivity index (χ3v) is 6.26. The van der Waals surface area contributed by atoms with Gasteiger partial charge in [0.05, 0.1) is 17.9 Å². The lowest BCUT2D eigenvalue weighted by atomic mass is 9.96. The zero-order chi connectivity index (χ0) is 26.1. The number of methoxy groups -OCH3 is 1. The van der Waals surface area contributed by atoms with Crippen LogP contribution in [0.4, 0.5) is 14.6 Å². The average Bonchev–Trinajstić information content (AvgIpc) is 3.30. The van der Waals surface area contributed by atoms with Gasteiger partial charge in [-0.1, -0.05) is 6.92 Å². The van der Waals surface area contributed by atoms with Gasteiger partial charge in [-0.25, -0.2) is 23.7 Å². The number of aromatic nitrogens is 6. The molecule has 0 bridgehead atoms. The Labute approximate surface area is 211 Å². The molecule has 0 saturated heterocycles. The van der Waals surface area contributed by atoms with Crippen molar-refractivity contribution < 1.29 is 18.3 Å². The van der Waals surface area contributed by atoms with E-state index in [1.165, 1.54) is 11.2 Å². The van der Waals surface area contributed by atoms with E-state index < -0.39 is 23.1 Å². The molecule has 1 aliphatic rings. The summed E-state index contributed by atoms with van der Waals surface area (Å²) in [5, 5.41) is 8.15. The normalized spacial score (nSPS) is 13.0. The van der Waals surface area contributed by atoms with E-state index in [4.69, 9.17) is 10.5 Å². The van der Waals surface area contributed by atoms with Crippen molar-refractivity contribution in [1.82, 2.24) is 34.6 Å². The topological polar surface area (TPSA) is 125 Å². The Kier molecular flexibility index (Phi) is 6.57. The molecule has 4 heterocycles. The zero-order valence-electron chi connectivity index (χ0n) is 20.3. The molecule has 190 valence electrons. The van der Waals surface area contributed by atoms with Crippen LogP contribution in [0.2, 0.25) is 0 Å². The van der Waals surface area contributed by atoms with Gasteiger partial charge in [0.1, 0.15) is 35.9 Å². The average molecular weight is 507 g/mol. The fourth-order valence-electron chi connectivity index (χ4n) is 4.46. The van der Waals surface area contributed by atoms with E-state index in [2.05, 4.69) is 25.1 Å². The van der Waals surface area contributed by atoms with Gasteiger partial charge < -0.3 is 19.9 Å². The van der Waals surface area contributed by atoms with E-state index in [0.717, 1.165) is 12.1 Å². The molecule has 10 nitrogen and oxygen atoms in total. The summed E-state index contributed by atoms with van der Waals surface area (Å²) in [5.74, 6) is -1.22. The highest BCUT2D eigenvalue weighted by molar-refractivity contribution is 5.95. The third-order valence-electron chi connectivity index (χ3n) is 6.26. The molecular weight excluding hydrogens is 482 g/mol. The number of anilines is 1. The highest BCUT2D eigenvalue weighted by Crippen LogP contribution is 2.34. The summed E-state index contributed by atoms with van der Waals surface area (Å²) in [5.41, 5.74) is 7.53. The van der Waals surface area contributed by atoms with E-state index in [9.17, 15) is 4.79 Å². The fraction of sp³-hybridized carbons (Fsp3) is 0.280. The SMILES string of the molecule is CCc1ncnc(-c2cc(F)c(C(=O)N3CCn4c(COC)nnc4C3)c(F)c2)c1-c1ccc(N)nc1. The van der Waals surface area contributed by atoms with Crippen LogP contribution in [0.15, 0.2) is 36.8 Å². The standard InChI is InChI=1S/C25H24F2N8O2/c1-3-18-22(14-4-5-19(28)29-10-14)24(31-13-30-18)15-8-16(26)23(17(27)9-15)25(36)34-6-7-35-20(11-34)32-33-21(35)12-37-2/h4-5,8-10,13H,3,6-7,11-12H2,1-2H3,(H2,28,29). The Hall–Kier alpha value is -4.32. The van der Waals surface area contributed by atoms with E-state index in [1.54, 1.807) is 25.4 Å². The molecule has 1 amide bonds. The van der Waals surface area contributed by atoms with E-state index in [1.807, 2.05) is 11.5 Å². The van der Waals surface area contributed by atoms with Crippen molar-refractivity contribution >= 4 is 11.7 Å². The number of fused-ring (bicyclic) bond motifs is 1. The van der Waals surface area contributed by atoms with Crippen LogP contribution in [-0.4, -0.2) is 54.2 Å². The van der Waals surface area contributed by atoms with Crippen LogP contribution in [0.25, 0.3) is 22.4 Å². The van der Waals surface area contributed by atoms with Gasteiger partial charge in [0.15, 0.2) is 11.6 Å². The van der Waals surface area contributed by atoms with Crippen molar-refractivity contribution in [2.75, 3.05) is 19.4 Å². The molecule has 1 aliphatic heterocycles. The molecule has 3 aromatic heterocycles. The van der Waals surface area contributed by atoms with Gasteiger partial charge in [-0.3, -0.25) is 4.79 Å².